The Bertz CT molecular complexity index is 870. The zero-order valence-corrected chi connectivity index (χ0v) is 14.1. The first-order valence-electron chi connectivity index (χ1n) is 7.75. The molecule has 0 fully saturated rings. The summed E-state index contributed by atoms with van der Waals surface area (Å²) in [5.41, 5.74) is 1.36. The van der Waals surface area contributed by atoms with E-state index in [0.29, 0.717) is 5.69 Å². The lowest BCUT2D eigenvalue weighted by molar-refractivity contribution is 0.0938. The summed E-state index contributed by atoms with van der Waals surface area (Å²) in [7, 11) is 0. The Morgan fingerprint density at radius 1 is 1.12 bits per heavy atom. The Balaban J connectivity index is 1.72. The number of amides is 1. The maximum Gasteiger partial charge on any atom is 0.261 e. The molecule has 1 aromatic carbocycles. The van der Waals surface area contributed by atoms with Crippen LogP contribution in [0.5, 0.6) is 0 Å². The van der Waals surface area contributed by atoms with Crippen LogP contribution in [0.25, 0.3) is 11.3 Å². The molecule has 0 saturated heterocycles. The van der Waals surface area contributed by atoms with Gasteiger partial charge in [-0.3, -0.25) is 9.59 Å². The van der Waals surface area contributed by atoms with Crippen LogP contribution in [0.4, 0.5) is 0 Å². The summed E-state index contributed by atoms with van der Waals surface area (Å²) >= 11 is 1.66. The maximum absolute atomic E-state index is 12.3. The number of H-pyrrole nitrogens is 1. The third-order valence-corrected chi connectivity index (χ3v) is 4.60. The van der Waals surface area contributed by atoms with Crippen LogP contribution in [0.3, 0.4) is 0 Å². The number of hydrogen-bond donors (Lipinski definition) is 2. The van der Waals surface area contributed by atoms with E-state index in [1.807, 2.05) is 54.8 Å². The average Bonchev–Trinajstić information content (AvgIpc) is 3.08. The third-order valence-electron chi connectivity index (χ3n) is 3.70. The number of thiophene rings is 1. The van der Waals surface area contributed by atoms with E-state index in [1.54, 1.807) is 23.5 Å². The fraction of sp³-hybridized carbons (Fsp3) is 0.158. The average molecular weight is 338 g/mol. The minimum absolute atomic E-state index is 0.0376. The van der Waals surface area contributed by atoms with Crippen LogP contribution in [-0.2, 0) is 6.42 Å². The highest BCUT2D eigenvalue weighted by Crippen LogP contribution is 2.15. The molecule has 122 valence electrons. The minimum atomic E-state index is -0.378. The second kappa shape index (κ2) is 7.27. The molecule has 3 rings (SSSR count). The van der Waals surface area contributed by atoms with E-state index >= 15 is 0 Å². The number of carbonyl (C=O) groups excluding carboxylic acids is 1. The van der Waals surface area contributed by atoms with Gasteiger partial charge in [-0.15, -0.1) is 11.3 Å². The number of hydrogen-bond acceptors (Lipinski definition) is 3. The predicted octanol–water partition coefficient (Wildman–Crippen LogP) is 3.46. The highest BCUT2D eigenvalue weighted by Gasteiger charge is 2.14. The Labute approximate surface area is 144 Å². The second-order valence-electron chi connectivity index (χ2n) is 5.64. The van der Waals surface area contributed by atoms with Gasteiger partial charge in [-0.1, -0.05) is 36.4 Å². The van der Waals surface area contributed by atoms with Gasteiger partial charge in [0.2, 0.25) is 0 Å². The lowest BCUT2D eigenvalue weighted by atomic mass is 10.1. The third kappa shape index (κ3) is 3.81. The summed E-state index contributed by atoms with van der Waals surface area (Å²) in [6, 6.07) is 16.9. The molecule has 0 radical (unpaired) electrons. The van der Waals surface area contributed by atoms with Gasteiger partial charge in [-0.05, 0) is 36.1 Å². The molecule has 3 aromatic rings. The van der Waals surface area contributed by atoms with Crippen molar-refractivity contribution in [2.45, 2.75) is 19.4 Å². The number of pyridine rings is 1. The normalized spacial score (nSPS) is 11.9. The molecule has 0 unspecified atom stereocenters. The Kier molecular flexibility index (Phi) is 4.91. The summed E-state index contributed by atoms with van der Waals surface area (Å²) < 4.78 is 0. The smallest absolute Gasteiger partial charge is 0.261 e. The number of aromatic amines is 1. The fourth-order valence-corrected chi connectivity index (χ4v) is 3.36. The zero-order valence-electron chi connectivity index (χ0n) is 13.3. The first kappa shape index (κ1) is 16.2. The van der Waals surface area contributed by atoms with Gasteiger partial charge in [-0.25, -0.2) is 0 Å². The van der Waals surface area contributed by atoms with Gasteiger partial charge >= 0.3 is 0 Å². The summed E-state index contributed by atoms with van der Waals surface area (Å²) in [6.45, 7) is 1.93. The van der Waals surface area contributed by atoms with Gasteiger partial charge in [-0.2, -0.15) is 0 Å². The van der Waals surface area contributed by atoms with Crippen molar-refractivity contribution in [3.8, 4) is 11.3 Å². The number of carbonyl (C=O) groups is 1. The monoisotopic (exact) mass is 338 g/mol. The van der Waals surface area contributed by atoms with Crippen molar-refractivity contribution in [3.05, 3.63) is 80.8 Å². The van der Waals surface area contributed by atoms with E-state index in [4.69, 9.17) is 0 Å². The molecule has 0 aliphatic carbocycles. The van der Waals surface area contributed by atoms with E-state index < -0.39 is 0 Å². The molecule has 2 heterocycles. The van der Waals surface area contributed by atoms with Crippen molar-refractivity contribution >= 4 is 17.2 Å². The predicted molar refractivity (Wildman–Crippen MR) is 97.4 cm³/mol. The number of aromatic nitrogens is 1. The van der Waals surface area contributed by atoms with Gasteiger partial charge in [0.15, 0.2) is 0 Å². The van der Waals surface area contributed by atoms with E-state index in [1.165, 1.54) is 4.88 Å². The molecule has 2 N–H and O–H groups in total. The van der Waals surface area contributed by atoms with Crippen LogP contribution in [0.2, 0.25) is 0 Å². The largest absolute Gasteiger partial charge is 0.349 e. The first-order valence-corrected chi connectivity index (χ1v) is 8.63. The molecule has 0 spiro atoms. The number of benzene rings is 1. The van der Waals surface area contributed by atoms with E-state index in [9.17, 15) is 9.59 Å². The first-order chi connectivity index (χ1) is 11.6. The van der Waals surface area contributed by atoms with Gasteiger partial charge < -0.3 is 10.3 Å². The Hall–Kier alpha value is -2.66. The molecule has 5 heteroatoms. The van der Waals surface area contributed by atoms with Crippen molar-refractivity contribution in [1.82, 2.24) is 10.3 Å². The number of nitrogens with one attached hydrogen (secondary N) is 2. The van der Waals surface area contributed by atoms with Crippen molar-refractivity contribution in [1.29, 1.82) is 0 Å². The van der Waals surface area contributed by atoms with Gasteiger partial charge in [0.25, 0.3) is 11.5 Å². The molecule has 4 nitrogen and oxygen atoms in total. The van der Waals surface area contributed by atoms with Gasteiger partial charge in [0.1, 0.15) is 5.56 Å². The molecule has 24 heavy (non-hydrogen) atoms. The molecule has 0 aliphatic rings. The molecule has 2 aromatic heterocycles. The van der Waals surface area contributed by atoms with E-state index in [-0.39, 0.29) is 23.1 Å². The number of rotatable bonds is 5. The van der Waals surface area contributed by atoms with Crippen molar-refractivity contribution in [2.24, 2.45) is 0 Å². The molecule has 0 saturated carbocycles. The summed E-state index contributed by atoms with van der Waals surface area (Å²) in [5, 5.41) is 4.89. The molecule has 1 atom stereocenters. The summed E-state index contributed by atoms with van der Waals surface area (Å²) in [4.78, 5) is 28.5. The lowest BCUT2D eigenvalue weighted by Gasteiger charge is -2.13. The van der Waals surface area contributed by atoms with Crippen LogP contribution in [-0.4, -0.2) is 16.9 Å². The van der Waals surface area contributed by atoms with E-state index in [0.717, 1.165) is 12.0 Å². The van der Waals surface area contributed by atoms with Crippen LogP contribution in [0.15, 0.2) is 64.8 Å². The highest BCUT2D eigenvalue weighted by atomic mass is 32.1. The topological polar surface area (TPSA) is 62.0 Å². The van der Waals surface area contributed by atoms with Crippen molar-refractivity contribution in [3.63, 3.8) is 0 Å². The van der Waals surface area contributed by atoms with Crippen LogP contribution >= 0.6 is 11.3 Å². The Morgan fingerprint density at radius 3 is 2.58 bits per heavy atom. The molecule has 1 amide bonds. The maximum atomic E-state index is 12.3. The summed E-state index contributed by atoms with van der Waals surface area (Å²) in [5.74, 6) is -0.347. The molecule has 0 bridgehead atoms. The lowest BCUT2D eigenvalue weighted by Crippen LogP contribution is -2.36. The zero-order chi connectivity index (χ0) is 16.9. The van der Waals surface area contributed by atoms with Gasteiger partial charge in [0.05, 0.1) is 0 Å². The highest BCUT2D eigenvalue weighted by molar-refractivity contribution is 7.09. The van der Waals surface area contributed by atoms with Gasteiger partial charge in [0, 0.05) is 23.0 Å². The molecular formula is C19H18N2O2S. The van der Waals surface area contributed by atoms with Crippen LogP contribution in [0, 0.1) is 0 Å². The van der Waals surface area contributed by atoms with Crippen molar-refractivity contribution < 1.29 is 4.79 Å². The fourth-order valence-electron chi connectivity index (χ4n) is 2.52. The Morgan fingerprint density at radius 2 is 1.92 bits per heavy atom. The molecular weight excluding hydrogens is 320 g/mol. The second-order valence-corrected chi connectivity index (χ2v) is 6.67. The van der Waals surface area contributed by atoms with Crippen LogP contribution < -0.4 is 10.9 Å². The van der Waals surface area contributed by atoms with Crippen molar-refractivity contribution in [2.75, 3.05) is 0 Å². The standard InChI is InChI=1S/C19H18N2O2S/c1-13(12-15-8-5-11-24-15)20-18(22)16-9-10-17(21-19(16)23)14-6-3-2-4-7-14/h2-11,13H,12H2,1H3,(H,20,22)(H,21,23)/t13-/m1/s1. The summed E-state index contributed by atoms with van der Waals surface area (Å²) in [6.07, 6.45) is 0.753. The molecule has 0 aliphatic heterocycles. The van der Waals surface area contributed by atoms with Crippen LogP contribution in [0.1, 0.15) is 22.2 Å². The van der Waals surface area contributed by atoms with E-state index in [2.05, 4.69) is 10.3 Å². The SMILES string of the molecule is C[C@H](Cc1cccs1)NC(=O)c1ccc(-c2ccccc2)[nH]c1=O. The minimum Gasteiger partial charge on any atom is -0.349 e. The quantitative estimate of drug-likeness (QED) is 0.748.